The lowest BCUT2D eigenvalue weighted by atomic mass is 9.62. The third-order valence-corrected chi connectivity index (χ3v) is 6.81. The number of fused-ring (bicyclic) bond motifs is 2. The van der Waals surface area contributed by atoms with Gasteiger partial charge < -0.3 is 15.4 Å². The third kappa shape index (κ3) is 5.81. The van der Waals surface area contributed by atoms with E-state index >= 15 is 4.39 Å². The number of carbonyl (C=O) groups is 1. The van der Waals surface area contributed by atoms with Gasteiger partial charge in [0, 0.05) is 23.5 Å². The van der Waals surface area contributed by atoms with E-state index in [1.807, 2.05) is 19.9 Å². The second-order valence-corrected chi connectivity index (χ2v) is 10.5. The minimum Gasteiger partial charge on any atom is -0.459 e. The molecule has 0 saturated heterocycles. The Morgan fingerprint density at radius 1 is 1.12 bits per heavy atom. The second-order valence-electron chi connectivity index (χ2n) is 10.5. The molecule has 178 valence electrons. The van der Waals surface area contributed by atoms with E-state index < -0.39 is 12.3 Å². The van der Waals surface area contributed by atoms with Crippen molar-refractivity contribution in [2.45, 2.75) is 77.7 Å². The molecule has 2 saturated carbocycles. The van der Waals surface area contributed by atoms with Crippen molar-refractivity contribution in [3.63, 3.8) is 0 Å². The molecule has 2 fully saturated rings. The van der Waals surface area contributed by atoms with Crippen LogP contribution in [0.4, 0.5) is 15.8 Å². The van der Waals surface area contributed by atoms with Crippen molar-refractivity contribution in [1.29, 1.82) is 0 Å². The van der Waals surface area contributed by atoms with Gasteiger partial charge in [0.15, 0.2) is 6.30 Å². The summed E-state index contributed by atoms with van der Waals surface area (Å²) in [7, 11) is 0. The Morgan fingerprint density at radius 2 is 1.79 bits per heavy atom. The smallest absolute Gasteiger partial charge is 0.338 e. The first-order chi connectivity index (χ1) is 15.7. The van der Waals surface area contributed by atoms with E-state index in [4.69, 9.17) is 4.74 Å². The van der Waals surface area contributed by atoms with Crippen molar-refractivity contribution in [1.82, 2.24) is 9.97 Å². The highest BCUT2D eigenvalue weighted by atomic mass is 19.1. The van der Waals surface area contributed by atoms with Crippen LogP contribution in [0.2, 0.25) is 0 Å². The molecule has 0 amide bonds. The van der Waals surface area contributed by atoms with Crippen LogP contribution in [0.15, 0.2) is 36.9 Å². The maximum Gasteiger partial charge on any atom is 0.338 e. The monoisotopic (exact) mass is 454 g/mol. The fourth-order valence-electron chi connectivity index (χ4n) is 5.86. The van der Waals surface area contributed by atoms with Crippen molar-refractivity contribution in [3.8, 4) is 0 Å². The van der Waals surface area contributed by atoms with E-state index in [9.17, 15) is 4.79 Å². The lowest BCUT2D eigenvalue weighted by Crippen LogP contribution is -2.45. The predicted molar refractivity (Wildman–Crippen MR) is 128 cm³/mol. The van der Waals surface area contributed by atoms with Crippen molar-refractivity contribution in [3.05, 3.63) is 48.0 Å². The summed E-state index contributed by atoms with van der Waals surface area (Å²) in [5.74, 6) is 1.81. The molecule has 3 unspecified atom stereocenters. The first kappa shape index (κ1) is 23.5. The number of benzene rings is 1. The summed E-state index contributed by atoms with van der Waals surface area (Å²) in [6.45, 7) is 8.25. The van der Waals surface area contributed by atoms with E-state index in [0.29, 0.717) is 16.8 Å². The normalized spacial score (nSPS) is 27.6. The molecule has 2 bridgehead atoms. The Hall–Kier alpha value is -2.70. The zero-order valence-electron chi connectivity index (χ0n) is 20.0. The number of aromatic nitrogens is 2. The SMILES string of the molecule is CC1CC2CC(C1)CC(C)(Nc1ccc(C(=O)OC(C)C)cc1NC(F)c1cncnc1)C2. The molecule has 2 aromatic rings. The Morgan fingerprint density at radius 3 is 2.42 bits per heavy atom. The molecular weight excluding hydrogens is 419 g/mol. The number of carbonyl (C=O) groups excluding carboxylic acids is 1. The highest BCUT2D eigenvalue weighted by Crippen LogP contribution is 2.48. The van der Waals surface area contributed by atoms with Crippen molar-refractivity contribution in [2.75, 3.05) is 10.6 Å². The molecule has 2 aliphatic carbocycles. The fraction of sp³-hybridized carbons (Fsp3) is 0.577. The van der Waals surface area contributed by atoms with Crippen molar-refractivity contribution < 1.29 is 13.9 Å². The minimum atomic E-state index is -1.51. The van der Waals surface area contributed by atoms with Gasteiger partial charge in [0.1, 0.15) is 6.33 Å². The van der Waals surface area contributed by atoms with Gasteiger partial charge in [-0.3, -0.25) is 0 Å². The molecule has 7 heteroatoms. The van der Waals surface area contributed by atoms with Crippen LogP contribution in [-0.4, -0.2) is 27.6 Å². The number of halogens is 1. The van der Waals surface area contributed by atoms with Gasteiger partial charge in [-0.1, -0.05) is 6.92 Å². The second kappa shape index (κ2) is 9.65. The molecular formula is C26H35FN4O2. The third-order valence-electron chi connectivity index (χ3n) is 6.81. The Balaban J connectivity index is 1.60. The first-order valence-corrected chi connectivity index (χ1v) is 12.0. The van der Waals surface area contributed by atoms with Crippen LogP contribution >= 0.6 is 0 Å². The largest absolute Gasteiger partial charge is 0.459 e. The van der Waals surface area contributed by atoms with Gasteiger partial charge in [-0.2, -0.15) is 0 Å². The van der Waals surface area contributed by atoms with E-state index in [-0.39, 0.29) is 11.6 Å². The quantitative estimate of drug-likeness (QED) is 0.387. The number of hydrogen-bond acceptors (Lipinski definition) is 6. The van der Waals surface area contributed by atoms with Gasteiger partial charge in [-0.25, -0.2) is 19.2 Å². The average Bonchev–Trinajstić information content (AvgIpc) is 2.73. The molecule has 0 spiro atoms. The summed E-state index contributed by atoms with van der Waals surface area (Å²) in [4.78, 5) is 20.3. The molecule has 2 N–H and O–H groups in total. The van der Waals surface area contributed by atoms with Crippen LogP contribution in [0.25, 0.3) is 0 Å². The highest BCUT2D eigenvalue weighted by molar-refractivity contribution is 5.92. The lowest BCUT2D eigenvalue weighted by Gasteiger charge is -2.48. The van der Waals surface area contributed by atoms with Crippen LogP contribution in [0.5, 0.6) is 0 Å². The number of hydrogen-bond donors (Lipinski definition) is 2. The number of alkyl halides is 1. The molecule has 3 atom stereocenters. The Labute approximate surface area is 195 Å². The minimum absolute atomic E-state index is 0.0776. The number of ether oxygens (including phenoxy) is 1. The number of nitrogens with zero attached hydrogens (tertiary/aromatic N) is 2. The van der Waals surface area contributed by atoms with Gasteiger partial charge in [0.25, 0.3) is 0 Å². The molecule has 1 heterocycles. The zero-order valence-corrected chi connectivity index (χ0v) is 20.0. The molecule has 0 radical (unpaired) electrons. The van der Waals surface area contributed by atoms with E-state index in [2.05, 4.69) is 34.4 Å². The molecule has 1 aromatic heterocycles. The standard InChI is InChI=1S/C26H35FN4O2/c1-16(2)33-25(32)20-5-6-22(23(10-20)30-24(27)21-13-28-15-29-14-21)31-26(4)11-18-7-17(3)8-19(9-18)12-26/h5-6,10,13-19,24,30-31H,7-9,11-12H2,1-4H3. The number of anilines is 2. The predicted octanol–water partition coefficient (Wildman–Crippen LogP) is 6.14. The Bertz CT molecular complexity index is 950. The molecule has 33 heavy (non-hydrogen) atoms. The van der Waals surface area contributed by atoms with Crippen molar-refractivity contribution >= 4 is 17.3 Å². The van der Waals surface area contributed by atoms with Gasteiger partial charge in [-0.15, -0.1) is 0 Å². The fourth-order valence-corrected chi connectivity index (χ4v) is 5.86. The number of rotatable bonds is 7. The highest BCUT2D eigenvalue weighted by Gasteiger charge is 2.41. The summed E-state index contributed by atoms with van der Waals surface area (Å²) in [6, 6.07) is 5.26. The average molecular weight is 455 g/mol. The molecule has 6 nitrogen and oxygen atoms in total. The summed E-state index contributed by atoms with van der Waals surface area (Å²) in [6.07, 6.45) is 8.57. The van der Waals surface area contributed by atoms with Crippen LogP contribution in [-0.2, 0) is 4.74 Å². The molecule has 2 aliphatic rings. The number of esters is 1. The summed E-state index contributed by atoms with van der Waals surface area (Å²) < 4.78 is 20.5. The number of nitrogens with one attached hydrogen (secondary N) is 2. The molecule has 0 aliphatic heterocycles. The van der Waals surface area contributed by atoms with Gasteiger partial charge in [-0.05, 0) is 88.8 Å². The summed E-state index contributed by atoms with van der Waals surface area (Å²) in [5.41, 5.74) is 1.94. The Kier molecular flexibility index (Phi) is 6.86. The molecule has 1 aromatic carbocycles. The van der Waals surface area contributed by atoms with E-state index in [1.165, 1.54) is 38.0 Å². The molecule has 4 rings (SSSR count). The van der Waals surface area contributed by atoms with E-state index in [0.717, 1.165) is 36.3 Å². The van der Waals surface area contributed by atoms with Gasteiger partial charge in [0.05, 0.1) is 23.0 Å². The van der Waals surface area contributed by atoms with Crippen LogP contribution in [0, 0.1) is 17.8 Å². The topological polar surface area (TPSA) is 76.1 Å². The van der Waals surface area contributed by atoms with Gasteiger partial charge >= 0.3 is 5.97 Å². The van der Waals surface area contributed by atoms with Crippen LogP contribution < -0.4 is 10.6 Å². The maximum atomic E-state index is 15.1. The summed E-state index contributed by atoms with van der Waals surface area (Å²) in [5, 5.41) is 6.64. The lowest BCUT2D eigenvalue weighted by molar-refractivity contribution is 0.0378. The zero-order chi connectivity index (χ0) is 23.6. The van der Waals surface area contributed by atoms with Crippen LogP contribution in [0.3, 0.4) is 0 Å². The maximum absolute atomic E-state index is 15.1. The van der Waals surface area contributed by atoms with Crippen LogP contribution in [0.1, 0.15) is 82.0 Å². The van der Waals surface area contributed by atoms with Gasteiger partial charge in [0.2, 0.25) is 0 Å². The summed E-state index contributed by atoms with van der Waals surface area (Å²) >= 11 is 0. The first-order valence-electron chi connectivity index (χ1n) is 12.0. The van der Waals surface area contributed by atoms with E-state index in [1.54, 1.807) is 12.1 Å². The van der Waals surface area contributed by atoms with Crippen molar-refractivity contribution in [2.24, 2.45) is 17.8 Å².